The van der Waals surface area contributed by atoms with Crippen LogP contribution in [0.2, 0.25) is 0 Å². The number of hydrogen-bond acceptors (Lipinski definition) is 5. The van der Waals surface area contributed by atoms with Crippen LogP contribution >= 0.6 is 0 Å². The highest BCUT2D eigenvalue weighted by Gasteiger charge is 2.36. The summed E-state index contributed by atoms with van der Waals surface area (Å²) in [7, 11) is 0. The van der Waals surface area contributed by atoms with Gasteiger partial charge in [0.15, 0.2) is 5.69 Å². The van der Waals surface area contributed by atoms with Crippen LogP contribution in [0.5, 0.6) is 0 Å². The highest BCUT2D eigenvalue weighted by Crippen LogP contribution is 2.24. The minimum Gasteiger partial charge on any atom is -0.351 e. The van der Waals surface area contributed by atoms with Gasteiger partial charge in [-0.1, -0.05) is 18.6 Å². The predicted molar refractivity (Wildman–Crippen MR) is 93.1 cm³/mol. The van der Waals surface area contributed by atoms with E-state index in [1.807, 2.05) is 4.68 Å². The Morgan fingerprint density at radius 3 is 2.76 bits per heavy atom. The molecule has 0 aliphatic carbocycles. The Morgan fingerprint density at radius 2 is 2.08 bits per heavy atom. The average molecular weight is 348 g/mol. The number of carbonyl (C=O) groups is 2. The van der Waals surface area contributed by atoms with Gasteiger partial charge >= 0.3 is 0 Å². The Balaban J connectivity index is 1.66. The maximum absolute atomic E-state index is 12.8. The fourth-order valence-corrected chi connectivity index (χ4v) is 3.91. The second kappa shape index (κ2) is 7.95. The summed E-state index contributed by atoms with van der Waals surface area (Å²) in [5.41, 5.74) is 0.400. The van der Waals surface area contributed by atoms with Crippen LogP contribution in [0.1, 0.15) is 56.1 Å². The highest BCUT2D eigenvalue weighted by atomic mass is 16.2. The monoisotopic (exact) mass is 348 g/mol. The molecule has 0 radical (unpaired) electrons. The Bertz CT molecular complexity index is 610. The van der Waals surface area contributed by atoms with E-state index in [0.29, 0.717) is 30.7 Å². The number of nitrogens with zero attached hydrogens (tertiary/aromatic N) is 4. The van der Waals surface area contributed by atoms with Crippen molar-refractivity contribution in [2.45, 2.75) is 51.6 Å². The zero-order valence-electron chi connectivity index (χ0n) is 15.1. The molecule has 2 atom stereocenters. The summed E-state index contributed by atoms with van der Waals surface area (Å²) in [6, 6.07) is 0.342. The molecule has 2 fully saturated rings. The Hall–Kier alpha value is -1.96. The lowest BCUT2D eigenvalue weighted by molar-refractivity contribution is -0.119. The number of carbonyl (C=O) groups excluding carboxylic acids is 2. The standard InChI is InChI=1S/C17H28N6O2/c1-3-4-13-9-22(10-15(13)19-12(2)24)17(25)16-11-23(21-20-16)14-5-7-18-8-6-14/h11,13-15,18H,3-10H2,1-2H3,(H,19,24)/t13-,15-/m1/s1. The lowest BCUT2D eigenvalue weighted by Crippen LogP contribution is -2.39. The first-order valence-electron chi connectivity index (χ1n) is 9.27. The second-order valence-electron chi connectivity index (χ2n) is 7.13. The smallest absolute Gasteiger partial charge is 0.276 e. The molecule has 2 saturated heterocycles. The predicted octanol–water partition coefficient (Wildman–Crippen LogP) is 0.579. The first-order chi connectivity index (χ1) is 12.1. The number of aromatic nitrogens is 3. The summed E-state index contributed by atoms with van der Waals surface area (Å²) in [5, 5.41) is 14.6. The summed E-state index contributed by atoms with van der Waals surface area (Å²) in [6.07, 6.45) is 5.82. The molecule has 2 amide bonds. The summed E-state index contributed by atoms with van der Waals surface area (Å²) < 4.78 is 1.83. The van der Waals surface area contributed by atoms with E-state index >= 15 is 0 Å². The highest BCUT2D eigenvalue weighted by molar-refractivity contribution is 5.92. The van der Waals surface area contributed by atoms with E-state index in [-0.39, 0.29) is 17.9 Å². The zero-order valence-corrected chi connectivity index (χ0v) is 15.1. The van der Waals surface area contributed by atoms with Crippen molar-refractivity contribution in [3.8, 4) is 0 Å². The van der Waals surface area contributed by atoms with Gasteiger partial charge in [0.2, 0.25) is 5.91 Å². The van der Waals surface area contributed by atoms with Crippen molar-refractivity contribution in [1.82, 2.24) is 30.5 Å². The summed E-state index contributed by atoms with van der Waals surface area (Å²) >= 11 is 0. The summed E-state index contributed by atoms with van der Waals surface area (Å²) in [6.45, 7) is 6.80. The van der Waals surface area contributed by atoms with Crippen molar-refractivity contribution in [3.63, 3.8) is 0 Å². The largest absolute Gasteiger partial charge is 0.351 e. The zero-order chi connectivity index (χ0) is 17.8. The second-order valence-corrected chi connectivity index (χ2v) is 7.13. The van der Waals surface area contributed by atoms with Crippen LogP contribution in [0.4, 0.5) is 0 Å². The fraction of sp³-hybridized carbons (Fsp3) is 0.765. The third kappa shape index (κ3) is 4.18. The quantitative estimate of drug-likeness (QED) is 0.812. The Morgan fingerprint density at radius 1 is 1.32 bits per heavy atom. The van der Waals surface area contributed by atoms with Gasteiger partial charge in [-0.2, -0.15) is 0 Å². The molecule has 0 spiro atoms. The normalized spacial score (nSPS) is 24.5. The van der Waals surface area contributed by atoms with Gasteiger partial charge < -0.3 is 15.5 Å². The van der Waals surface area contributed by atoms with Gasteiger partial charge in [-0.05, 0) is 38.3 Å². The van der Waals surface area contributed by atoms with E-state index in [4.69, 9.17) is 0 Å². The van der Waals surface area contributed by atoms with E-state index in [1.165, 1.54) is 6.92 Å². The average Bonchev–Trinajstić information content (AvgIpc) is 3.23. The van der Waals surface area contributed by atoms with Gasteiger partial charge in [-0.15, -0.1) is 5.10 Å². The number of piperidine rings is 1. The van der Waals surface area contributed by atoms with Crippen LogP contribution in [0, 0.1) is 5.92 Å². The molecule has 3 rings (SSSR count). The van der Waals surface area contributed by atoms with Gasteiger partial charge in [-0.25, -0.2) is 4.68 Å². The van der Waals surface area contributed by atoms with Crippen molar-refractivity contribution in [1.29, 1.82) is 0 Å². The number of rotatable bonds is 5. The summed E-state index contributed by atoms with van der Waals surface area (Å²) in [5.74, 6) is 0.170. The van der Waals surface area contributed by atoms with Gasteiger partial charge in [0, 0.05) is 20.0 Å². The molecule has 8 nitrogen and oxygen atoms in total. The third-order valence-electron chi connectivity index (χ3n) is 5.19. The topological polar surface area (TPSA) is 92.2 Å². The molecule has 2 N–H and O–H groups in total. The molecular formula is C17H28N6O2. The SMILES string of the molecule is CCC[C@@H]1CN(C(=O)c2cn(C3CCNCC3)nn2)C[C@H]1NC(C)=O. The molecule has 3 heterocycles. The molecule has 138 valence electrons. The molecule has 0 bridgehead atoms. The van der Waals surface area contributed by atoms with Crippen LogP contribution in [-0.4, -0.2) is 63.9 Å². The molecule has 8 heteroatoms. The maximum Gasteiger partial charge on any atom is 0.276 e. The van der Waals surface area contributed by atoms with Crippen LogP contribution in [-0.2, 0) is 4.79 Å². The minimum atomic E-state index is -0.0888. The van der Waals surface area contributed by atoms with E-state index < -0.39 is 0 Å². The van der Waals surface area contributed by atoms with E-state index in [0.717, 1.165) is 38.8 Å². The minimum absolute atomic E-state index is 0.0286. The van der Waals surface area contributed by atoms with Crippen LogP contribution < -0.4 is 10.6 Å². The van der Waals surface area contributed by atoms with E-state index in [2.05, 4.69) is 27.9 Å². The first kappa shape index (κ1) is 17.8. The van der Waals surface area contributed by atoms with Crippen molar-refractivity contribution < 1.29 is 9.59 Å². The molecule has 1 aromatic rings. The fourth-order valence-electron chi connectivity index (χ4n) is 3.91. The van der Waals surface area contributed by atoms with E-state index in [1.54, 1.807) is 11.1 Å². The molecule has 1 aromatic heterocycles. The molecule has 2 aliphatic rings. The Labute approximate surface area is 148 Å². The maximum atomic E-state index is 12.8. The van der Waals surface area contributed by atoms with Crippen LogP contribution in [0.3, 0.4) is 0 Å². The van der Waals surface area contributed by atoms with Crippen LogP contribution in [0.15, 0.2) is 6.20 Å². The van der Waals surface area contributed by atoms with Crippen molar-refractivity contribution in [3.05, 3.63) is 11.9 Å². The molecule has 2 aliphatic heterocycles. The van der Waals surface area contributed by atoms with E-state index in [9.17, 15) is 9.59 Å². The molecule has 0 unspecified atom stereocenters. The molecule has 0 saturated carbocycles. The Kier molecular flexibility index (Phi) is 5.67. The van der Waals surface area contributed by atoms with Gasteiger partial charge in [-0.3, -0.25) is 9.59 Å². The summed E-state index contributed by atoms with van der Waals surface area (Å²) in [4.78, 5) is 26.0. The lowest BCUT2D eigenvalue weighted by Gasteiger charge is -2.22. The molecule has 0 aromatic carbocycles. The van der Waals surface area contributed by atoms with Gasteiger partial charge in [0.25, 0.3) is 5.91 Å². The molecule has 25 heavy (non-hydrogen) atoms. The van der Waals surface area contributed by atoms with Crippen molar-refractivity contribution in [2.75, 3.05) is 26.2 Å². The van der Waals surface area contributed by atoms with Crippen molar-refractivity contribution in [2.24, 2.45) is 5.92 Å². The molecular weight excluding hydrogens is 320 g/mol. The number of nitrogens with one attached hydrogen (secondary N) is 2. The van der Waals surface area contributed by atoms with Crippen molar-refractivity contribution >= 4 is 11.8 Å². The van der Waals surface area contributed by atoms with Crippen LogP contribution in [0.25, 0.3) is 0 Å². The third-order valence-corrected chi connectivity index (χ3v) is 5.19. The lowest BCUT2D eigenvalue weighted by atomic mass is 9.98. The van der Waals surface area contributed by atoms with Gasteiger partial charge in [0.1, 0.15) is 0 Å². The number of amides is 2. The number of hydrogen-bond donors (Lipinski definition) is 2. The first-order valence-corrected chi connectivity index (χ1v) is 9.27. The van der Waals surface area contributed by atoms with Gasteiger partial charge in [0.05, 0.1) is 18.3 Å². The number of likely N-dealkylation sites (tertiary alicyclic amines) is 1.